The number of amides is 1. The quantitative estimate of drug-likeness (QED) is 0.426. The Balaban J connectivity index is 1.45. The molecule has 0 saturated heterocycles. The number of benzene rings is 2. The second kappa shape index (κ2) is 8.87. The third kappa shape index (κ3) is 4.83. The number of fused-ring (bicyclic) bond motifs is 1. The van der Waals surface area contributed by atoms with Crippen molar-refractivity contribution < 1.29 is 22.7 Å². The summed E-state index contributed by atoms with van der Waals surface area (Å²) in [5, 5.41) is 15.6. The van der Waals surface area contributed by atoms with Crippen LogP contribution in [0.1, 0.15) is 5.56 Å². The van der Waals surface area contributed by atoms with Crippen LogP contribution >= 0.6 is 11.8 Å². The topological polar surface area (TPSA) is 81.4 Å². The standard InChI is InChI=1S/C21H16F3N5O2S/c1-31-16-4-2-3-13(11-16)17-9-10-18-26-27-20(29(18)28-17)32-12-19(30)25-15-7-5-14(6-8-15)21(22,23)24/h2-11H,12H2,1H3,(H,25,30). The number of nitrogens with zero attached hydrogens (tertiary/aromatic N) is 4. The Morgan fingerprint density at radius 3 is 2.59 bits per heavy atom. The zero-order valence-electron chi connectivity index (χ0n) is 16.6. The molecule has 164 valence electrons. The summed E-state index contributed by atoms with van der Waals surface area (Å²) in [6, 6.07) is 15.3. The molecule has 2 aromatic heterocycles. The fourth-order valence-corrected chi connectivity index (χ4v) is 3.55. The van der Waals surface area contributed by atoms with Crippen LogP contribution in [0.2, 0.25) is 0 Å². The van der Waals surface area contributed by atoms with Crippen LogP contribution in [0.3, 0.4) is 0 Å². The second-order valence-corrected chi connectivity index (χ2v) is 7.56. The van der Waals surface area contributed by atoms with E-state index in [9.17, 15) is 18.0 Å². The Labute approximate surface area is 184 Å². The number of carbonyl (C=O) groups is 1. The Morgan fingerprint density at radius 1 is 1.09 bits per heavy atom. The summed E-state index contributed by atoms with van der Waals surface area (Å²) < 4.78 is 44.7. The van der Waals surface area contributed by atoms with E-state index in [0.29, 0.717) is 22.2 Å². The van der Waals surface area contributed by atoms with Gasteiger partial charge in [-0.3, -0.25) is 4.79 Å². The first kappa shape index (κ1) is 21.6. The summed E-state index contributed by atoms with van der Waals surface area (Å²) in [6.07, 6.45) is -4.43. The number of thioether (sulfide) groups is 1. The zero-order chi connectivity index (χ0) is 22.7. The van der Waals surface area contributed by atoms with E-state index in [0.717, 1.165) is 29.5 Å². The number of alkyl halides is 3. The van der Waals surface area contributed by atoms with Crippen LogP contribution in [0, 0.1) is 0 Å². The van der Waals surface area contributed by atoms with Gasteiger partial charge in [0.15, 0.2) is 5.65 Å². The van der Waals surface area contributed by atoms with Crippen LogP contribution in [0.15, 0.2) is 65.8 Å². The molecule has 0 atom stereocenters. The van der Waals surface area contributed by atoms with Gasteiger partial charge >= 0.3 is 6.18 Å². The zero-order valence-corrected chi connectivity index (χ0v) is 17.4. The minimum Gasteiger partial charge on any atom is -0.497 e. The Morgan fingerprint density at radius 2 is 1.88 bits per heavy atom. The smallest absolute Gasteiger partial charge is 0.416 e. The number of halogens is 3. The van der Waals surface area contributed by atoms with E-state index in [2.05, 4.69) is 20.6 Å². The van der Waals surface area contributed by atoms with E-state index in [4.69, 9.17) is 4.74 Å². The van der Waals surface area contributed by atoms with Crippen molar-refractivity contribution in [1.82, 2.24) is 19.8 Å². The summed E-state index contributed by atoms with van der Waals surface area (Å²) in [7, 11) is 1.58. The summed E-state index contributed by atoms with van der Waals surface area (Å²) in [5.41, 5.74) is 1.52. The van der Waals surface area contributed by atoms with Gasteiger partial charge in [0.25, 0.3) is 0 Å². The fourth-order valence-electron chi connectivity index (χ4n) is 2.87. The predicted molar refractivity (Wildman–Crippen MR) is 114 cm³/mol. The first-order valence-corrected chi connectivity index (χ1v) is 10.3. The molecular weight excluding hydrogens is 443 g/mol. The highest BCUT2D eigenvalue weighted by molar-refractivity contribution is 7.99. The van der Waals surface area contributed by atoms with Crippen molar-refractivity contribution in [3.05, 3.63) is 66.2 Å². The van der Waals surface area contributed by atoms with E-state index in [1.165, 1.54) is 16.6 Å². The van der Waals surface area contributed by atoms with Crippen molar-refractivity contribution in [2.75, 3.05) is 18.2 Å². The van der Waals surface area contributed by atoms with Crippen molar-refractivity contribution in [3.8, 4) is 17.0 Å². The van der Waals surface area contributed by atoms with Crippen LogP contribution in [0.25, 0.3) is 16.9 Å². The molecule has 0 aliphatic rings. The van der Waals surface area contributed by atoms with Crippen LogP contribution < -0.4 is 10.1 Å². The highest BCUT2D eigenvalue weighted by Crippen LogP contribution is 2.30. The monoisotopic (exact) mass is 459 g/mol. The minimum atomic E-state index is -4.43. The Kier molecular flexibility index (Phi) is 5.99. The van der Waals surface area contributed by atoms with Crippen LogP contribution in [-0.2, 0) is 11.0 Å². The largest absolute Gasteiger partial charge is 0.497 e. The molecule has 1 amide bonds. The lowest BCUT2D eigenvalue weighted by molar-refractivity contribution is -0.137. The van der Waals surface area contributed by atoms with Gasteiger partial charge in [-0.25, -0.2) is 0 Å². The highest BCUT2D eigenvalue weighted by atomic mass is 32.2. The SMILES string of the molecule is COc1cccc(-c2ccc3nnc(SCC(=O)Nc4ccc(C(F)(F)F)cc4)n3n2)c1. The van der Waals surface area contributed by atoms with Gasteiger partial charge in [0.05, 0.1) is 24.1 Å². The molecule has 0 aliphatic heterocycles. The Bertz CT molecular complexity index is 1260. The number of aromatic nitrogens is 4. The molecule has 0 saturated carbocycles. The molecule has 0 radical (unpaired) electrons. The van der Waals surface area contributed by atoms with Crippen LogP contribution in [0.5, 0.6) is 5.75 Å². The maximum Gasteiger partial charge on any atom is 0.416 e. The summed E-state index contributed by atoms with van der Waals surface area (Å²) in [4.78, 5) is 12.2. The average molecular weight is 459 g/mol. The molecule has 0 fully saturated rings. The van der Waals surface area contributed by atoms with E-state index in [1.807, 2.05) is 30.3 Å². The van der Waals surface area contributed by atoms with Gasteiger partial charge in [0.1, 0.15) is 5.75 Å². The number of hydrogen-bond donors (Lipinski definition) is 1. The van der Waals surface area contributed by atoms with Gasteiger partial charge in [-0.1, -0.05) is 23.9 Å². The van der Waals surface area contributed by atoms with Gasteiger partial charge < -0.3 is 10.1 Å². The third-order valence-corrected chi connectivity index (χ3v) is 5.35. The number of carbonyl (C=O) groups excluding carboxylic acids is 1. The van der Waals surface area contributed by atoms with E-state index < -0.39 is 17.6 Å². The van der Waals surface area contributed by atoms with Gasteiger partial charge in [-0.05, 0) is 48.5 Å². The summed E-state index contributed by atoms with van der Waals surface area (Å²) in [6.45, 7) is 0. The first-order chi connectivity index (χ1) is 15.3. The second-order valence-electron chi connectivity index (χ2n) is 6.62. The average Bonchev–Trinajstić information content (AvgIpc) is 3.20. The number of rotatable bonds is 6. The van der Waals surface area contributed by atoms with Crippen molar-refractivity contribution in [2.45, 2.75) is 11.3 Å². The van der Waals surface area contributed by atoms with Crippen molar-refractivity contribution >= 4 is 29.0 Å². The molecule has 4 aromatic rings. The number of nitrogens with one attached hydrogen (secondary N) is 1. The predicted octanol–water partition coefficient (Wildman–Crippen LogP) is 4.55. The molecule has 32 heavy (non-hydrogen) atoms. The van der Waals surface area contributed by atoms with Crippen LogP contribution in [0.4, 0.5) is 18.9 Å². The molecule has 7 nitrogen and oxygen atoms in total. The van der Waals surface area contributed by atoms with E-state index in [1.54, 1.807) is 13.2 Å². The third-order valence-electron chi connectivity index (χ3n) is 4.43. The van der Waals surface area contributed by atoms with Gasteiger partial charge in [0.2, 0.25) is 11.1 Å². The van der Waals surface area contributed by atoms with Crippen molar-refractivity contribution in [1.29, 1.82) is 0 Å². The first-order valence-electron chi connectivity index (χ1n) is 9.30. The molecule has 0 spiro atoms. The minimum absolute atomic E-state index is 0.0209. The normalized spacial score (nSPS) is 11.5. The maximum atomic E-state index is 12.6. The molecule has 11 heteroatoms. The number of methoxy groups -OCH3 is 1. The van der Waals surface area contributed by atoms with Crippen LogP contribution in [-0.4, -0.2) is 38.6 Å². The van der Waals surface area contributed by atoms with Crippen molar-refractivity contribution in [3.63, 3.8) is 0 Å². The lowest BCUT2D eigenvalue weighted by Crippen LogP contribution is -2.14. The highest BCUT2D eigenvalue weighted by Gasteiger charge is 2.30. The summed E-state index contributed by atoms with van der Waals surface area (Å²) >= 11 is 1.11. The van der Waals surface area contributed by atoms with Crippen molar-refractivity contribution in [2.24, 2.45) is 0 Å². The fraction of sp³-hybridized carbons (Fsp3) is 0.143. The maximum absolute atomic E-state index is 12.6. The van der Waals surface area contributed by atoms with Gasteiger partial charge in [-0.15, -0.1) is 10.2 Å². The van der Waals surface area contributed by atoms with Gasteiger partial charge in [-0.2, -0.15) is 22.8 Å². The van der Waals surface area contributed by atoms with Gasteiger partial charge in [0, 0.05) is 11.3 Å². The lowest BCUT2D eigenvalue weighted by Gasteiger charge is -2.08. The molecule has 2 aromatic carbocycles. The summed E-state index contributed by atoms with van der Waals surface area (Å²) in [5.74, 6) is 0.283. The number of hydrogen-bond acceptors (Lipinski definition) is 6. The molecule has 2 heterocycles. The molecule has 1 N–H and O–H groups in total. The lowest BCUT2D eigenvalue weighted by atomic mass is 10.1. The number of ether oxygens (including phenoxy) is 1. The molecule has 4 rings (SSSR count). The molecule has 0 aliphatic carbocycles. The van der Waals surface area contributed by atoms with E-state index in [-0.39, 0.29) is 11.4 Å². The number of anilines is 1. The molecule has 0 bridgehead atoms. The van der Waals surface area contributed by atoms with E-state index >= 15 is 0 Å². The Hall–Kier alpha value is -3.60. The molecule has 0 unspecified atom stereocenters. The molecular formula is C21H16F3N5O2S.